The Morgan fingerprint density at radius 1 is 1.38 bits per heavy atom. The summed E-state index contributed by atoms with van der Waals surface area (Å²) in [5, 5.41) is 5.32. The summed E-state index contributed by atoms with van der Waals surface area (Å²) in [6.07, 6.45) is 5.80. The van der Waals surface area contributed by atoms with Crippen LogP contribution in [0.25, 0.3) is 0 Å². The minimum Gasteiger partial charge on any atom is -0.352 e. The smallest absolute Gasteiger partial charge is 0.223 e. The van der Waals surface area contributed by atoms with Crippen LogP contribution in [-0.4, -0.2) is 11.9 Å². The second-order valence-corrected chi connectivity index (χ2v) is 5.93. The fourth-order valence-corrected chi connectivity index (χ4v) is 3.57. The van der Waals surface area contributed by atoms with E-state index >= 15 is 0 Å². The molecule has 2 unspecified atom stereocenters. The molecule has 0 aliphatic heterocycles. The number of amides is 1. The summed E-state index contributed by atoms with van der Waals surface area (Å²) < 4.78 is 0. The van der Waals surface area contributed by atoms with Gasteiger partial charge in [0.1, 0.15) is 0 Å². The molecule has 1 N–H and O–H groups in total. The SMILES string of the molecule is O=C(NC1CC1c1cccs1)C1CCCC1. The maximum atomic E-state index is 11.9. The molecular formula is C13H17NOS. The second-order valence-electron chi connectivity index (χ2n) is 4.95. The maximum Gasteiger partial charge on any atom is 0.223 e. The molecule has 1 amide bonds. The molecule has 0 spiro atoms. The van der Waals surface area contributed by atoms with Crippen LogP contribution in [-0.2, 0) is 4.79 Å². The average molecular weight is 235 g/mol. The fraction of sp³-hybridized carbons (Fsp3) is 0.615. The van der Waals surface area contributed by atoms with Gasteiger partial charge in [0.2, 0.25) is 5.91 Å². The van der Waals surface area contributed by atoms with Crippen molar-refractivity contribution in [2.24, 2.45) is 5.92 Å². The fourth-order valence-electron chi connectivity index (χ4n) is 2.66. The lowest BCUT2D eigenvalue weighted by atomic mass is 10.1. The van der Waals surface area contributed by atoms with Gasteiger partial charge in [-0.25, -0.2) is 0 Å². The van der Waals surface area contributed by atoms with Crippen molar-refractivity contribution in [3.05, 3.63) is 22.4 Å². The monoisotopic (exact) mass is 235 g/mol. The highest BCUT2D eigenvalue weighted by molar-refractivity contribution is 7.10. The van der Waals surface area contributed by atoms with Crippen LogP contribution >= 0.6 is 11.3 Å². The summed E-state index contributed by atoms with van der Waals surface area (Å²) in [5.74, 6) is 1.22. The van der Waals surface area contributed by atoms with Gasteiger partial charge >= 0.3 is 0 Å². The Hall–Kier alpha value is -0.830. The molecule has 16 heavy (non-hydrogen) atoms. The first-order valence-electron chi connectivity index (χ1n) is 6.18. The van der Waals surface area contributed by atoms with E-state index in [-0.39, 0.29) is 0 Å². The third kappa shape index (κ3) is 2.01. The Bertz CT molecular complexity index is 367. The predicted octanol–water partition coefficient (Wildman–Crippen LogP) is 2.91. The van der Waals surface area contributed by atoms with E-state index in [0.29, 0.717) is 23.8 Å². The van der Waals surface area contributed by atoms with E-state index in [4.69, 9.17) is 0 Å². The highest BCUT2D eigenvalue weighted by Crippen LogP contribution is 2.43. The maximum absolute atomic E-state index is 11.9. The van der Waals surface area contributed by atoms with Crippen LogP contribution in [0.2, 0.25) is 0 Å². The van der Waals surface area contributed by atoms with Crippen LogP contribution < -0.4 is 5.32 Å². The van der Waals surface area contributed by atoms with Crippen LogP contribution in [0.1, 0.15) is 42.9 Å². The molecule has 3 rings (SSSR count). The lowest BCUT2D eigenvalue weighted by Gasteiger charge is -2.09. The summed E-state index contributed by atoms with van der Waals surface area (Å²) in [6, 6.07) is 4.69. The van der Waals surface area contributed by atoms with Crippen molar-refractivity contribution in [3.63, 3.8) is 0 Å². The predicted molar refractivity (Wildman–Crippen MR) is 65.6 cm³/mol. The van der Waals surface area contributed by atoms with E-state index < -0.39 is 0 Å². The van der Waals surface area contributed by atoms with Gasteiger partial charge in [-0.15, -0.1) is 11.3 Å². The van der Waals surface area contributed by atoms with E-state index in [0.717, 1.165) is 19.3 Å². The van der Waals surface area contributed by atoms with Gasteiger partial charge in [-0.05, 0) is 30.7 Å². The Labute approximate surface area is 100 Å². The van der Waals surface area contributed by atoms with Crippen molar-refractivity contribution in [2.45, 2.75) is 44.1 Å². The van der Waals surface area contributed by atoms with Crippen molar-refractivity contribution >= 4 is 17.2 Å². The van der Waals surface area contributed by atoms with Crippen LogP contribution in [0.5, 0.6) is 0 Å². The van der Waals surface area contributed by atoms with Crippen molar-refractivity contribution in [1.29, 1.82) is 0 Å². The van der Waals surface area contributed by atoms with Gasteiger partial charge in [0.05, 0.1) is 0 Å². The quantitative estimate of drug-likeness (QED) is 0.857. The normalized spacial score (nSPS) is 29.2. The van der Waals surface area contributed by atoms with Crippen LogP contribution in [0.15, 0.2) is 17.5 Å². The van der Waals surface area contributed by atoms with E-state index in [9.17, 15) is 4.79 Å². The molecule has 2 saturated carbocycles. The van der Waals surface area contributed by atoms with Gasteiger partial charge in [0.15, 0.2) is 0 Å². The van der Waals surface area contributed by atoms with Crippen molar-refractivity contribution in [1.82, 2.24) is 5.32 Å². The molecule has 0 saturated heterocycles. The summed E-state index contributed by atoms with van der Waals surface area (Å²) in [5.41, 5.74) is 0. The molecule has 2 nitrogen and oxygen atoms in total. The zero-order chi connectivity index (χ0) is 11.0. The number of carbonyl (C=O) groups excluding carboxylic acids is 1. The third-order valence-electron chi connectivity index (χ3n) is 3.75. The van der Waals surface area contributed by atoms with Gasteiger partial charge in [0, 0.05) is 22.8 Å². The molecule has 2 atom stereocenters. The summed E-state index contributed by atoms with van der Waals surface area (Å²) >= 11 is 1.81. The molecule has 86 valence electrons. The molecule has 2 aliphatic rings. The van der Waals surface area contributed by atoms with Crippen molar-refractivity contribution in [2.75, 3.05) is 0 Å². The molecule has 2 aliphatic carbocycles. The van der Waals surface area contributed by atoms with Gasteiger partial charge in [-0.1, -0.05) is 18.9 Å². The minimum atomic E-state index is 0.307. The third-order valence-corrected chi connectivity index (χ3v) is 4.76. The number of nitrogens with one attached hydrogen (secondary N) is 1. The Balaban J connectivity index is 1.52. The molecule has 1 aromatic rings. The first-order valence-corrected chi connectivity index (χ1v) is 7.06. The zero-order valence-electron chi connectivity index (χ0n) is 9.32. The van der Waals surface area contributed by atoms with Crippen molar-refractivity contribution in [3.8, 4) is 0 Å². The zero-order valence-corrected chi connectivity index (χ0v) is 10.1. The topological polar surface area (TPSA) is 29.1 Å². The largest absolute Gasteiger partial charge is 0.352 e. The van der Waals surface area contributed by atoms with Crippen molar-refractivity contribution < 1.29 is 4.79 Å². The average Bonchev–Trinajstić information content (AvgIpc) is 2.84. The molecule has 0 bridgehead atoms. The standard InChI is InChI=1S/C13H17NOS/c15-13(9-4-1-2-5-9)14-11-8-10(11)12-6-3-7-16-12/h3,6-7,9-11H,1-2,4-5,8H2,(H,14,15). The van der Waals surface area contributed by atoms with Crippen LogP contribution in [0, 0.1) is 5.92 Å². The molecule has 0 aromatic carbocycles. The summed E-state index contributed by atoms with van der Waals surface area (Å²) in [7, 11) is 0. The highest BCUT2D eigenvalue weighted by atomic mass is 32.1. The minimum absolute atomic E-state index is 0.307. The molecule has 0 radical (unpaired) electrons. The highest BCUT2D eigenvalue weighted by Gasteiger charge is 2.41. The van der Waals surface area contributed by atoms with Gasteiger partial charge in [-0.2, -0.15) is 0 Å². The number of hydrogen-bond donors (Lipinski definition) is 1. The Kier molecular flexibility index (Phi) is 2.72. The molecule has 3 heteroatoms. The first kappa shape index (κ1) is 10.3. The van der Waals surface area contributed by atoms with E-state index in [1.807, 2.05) is 0 Å². The Morgan fingerprint density at radius 2 is 2.19 bits per heavy atom. The summed E-state index contributed by atoms with van der Waals surface area (Å²) in [6.45, 7) is 0. The van der Waals surface area contributed by atoms with E-state index in [1.165, 1.54) is 17.7 Å². The molecule has 1 aromatic heterocycles. The van der Waals surface area contributed by atoms with Gasteiger partial charge in [-0.3, -0.25) is 4.79 Å². The van der Waals surface area contributed by atoms with Gasteiger partial charge in [0.25, 0.3) is 0 Å². The number of rotatable bonds is 3. The summed E-state index contributed by atoms with van der Waals surface area (Å²) in [4.78, 5) is 13.3. The molecular weight excluding hydrogens is 218 g/mol. The number of thiophene rings is 1. The second kappa shape index (κ2) is 4.21. The molecule has 2 fully saturated rings. The van der Waals surface area contributed by atoms with E-state index in [2.05, 4.69) is 22.8 Å². The Morgan fingerprint density at radius 3 is 2.88 bits per heavy atom. The first-order chi connectivity index (χ1) is 7.84. The van der Waals surface area contributed by atoms with Crippen LogP contribution in [0.3, 0.4) is 0 Å². The molecule has 1 heterocycles. The lowest BCUT2D eigenvalue weighted by Crippen LogP contribution is -2.31. The number of hydrogen-bond acceptors (Lipinski definition) is 2. The van der Waals surface area contributed by atoms with E-state index in [1.54, 1.807) is 11.3 Å². The van der Waals surface area contributed by atoms with Crippen LogP contribution in [0.4, 0.5) is 0 Å². The van der Waals surface area contributed by atoms with Gasteiger partial charge < -0.3 is 5.32 Å². The lowest BCUT2D eigenvalue weighted by molar-refractivity contribution is -0.124. The number of carbonyl (C=O) groups is 1.